The molecular weight excluding hydrogens is 198 g/mol. The summed E-state index contributed by atoms with van der Waals surface area (Å²) >= 11 is 0. The fraction of sp³-hybridized carbons (Fsp3) is 0.143. The number of aromatic nitrogens is 5. The van der Waals surface area contributed by atoms with Gasteiger partial charge in [0.15, 0.2) is 5.82 Å². The Labute approximate surface area is 84.5 Å². The van der Waals surface area contributed by atoms with Crippen LogP contribution in [0.15, 0.2) is 18.6 Å². The minimum absolute atomic E-state index is 0.0294. The van der Waals surface area contributed by atoms with Gasteiger partial charge >= 0.3 is 0 Å². The molecule has 0 aliphatic heterocycles. The molecule has 2 aromatic rings. The van der Waals surface area contributed by atoms with Crippen molar-refractivity contribution in [2.45, 2.75) is 6.54 Å². The molecule has 4 N–H and O–H groups in total. The lowest BCUT2D eigenvalue weighted by atomic mass is 10.6. The van der Waals surface area contributed by atoms with Crippen LogP contribution >= 0.6 is 0 Å². The zero-order chi connectivity index (χ0) is 10.8. The molecule has 2 heterocycles. The van der Waals surface area contributed by atoms with Crippen LogP contribution in [0.4, 0.5) is 11.5 Å². The Morgan fingerprint density at radius 1 is 1.33 bits per heavy atom. The maximum Gasteiger partial charge on any atom is 0.270 e. The quantitative estimate of drug-likeness (QED) is 0.650. The summed E-state index contributed by atoms with van der Waals surface area (Å²) < 4.78 is 1.13. The number of carbonyl (C=O) groups is 1. The molecule has 0 aliphatic carbocycles. The van der Waals surface area contributed by atoms with Crippen LogP contribution in [-0.4, -0.2) is 30.7 Å². The van der Waals surface area contributed by atoms with Crippen molar-refractivity contribution in [2.75, 3.05) is 11.5 Å². The topological polar surface area (TPSA) is 118 Å². The SMILES string of the molecule is Nc1cnn(C(=O)Cn2ncc(N)n2)c1. The molecule has 78 valence electrons. The predicted molar refractivity (Wildman–Crippen MR) is 51.7 cm³/mol. The van der Waals surface area contributed by atoms with Crippen LogP contribution in [0, 0.1) is 0 Å². The summed E-state index contributed by atoms with van der Waals surface area (Å²) in [5.74, 6) is -0.0231. The van der Waals surface area contributed by atoms with Crippen LogP contribution in [0.1, 0.15) is 4.79 Å². The van der Waals surface area contributed by atoms with Crippen LogP contribution in [0.5, 0.6) is 0 Å². The van der Waals surface area contributed by atoms with E-state index in [4.69, 9.17) is 11.5 Å². The Morgan fingerprint density at radius 2 is 2.13 bits per heavy atom. The molecule has 0 fully saturated rings. The standard InChI is InChI=1S/C7H9N7O/c8-5-1-10-13(3-5)7(15)4-14-11-2-6(9)12-14/h1-3H,4,8H2,(H2,9,12). The van der Waals surface area contributed by atoms with Gasteiger partial charge in [0.1, 0.15) is 6.54 Å². The average Bonchev–Trinajstić information content (AvgIpc) is 2.75. The number of carbonyl (C=O) groups excluding carboxylic acids is 1. The van der Waals surface area contributed by atoms with Gasteiger partial charge in [0, 0.05) is 0 Å². The van der Waals surface area contributed by atoms with Gasteiger partial charge in [0.2, 0.25) is 0 Å². The van der Waals surface area contributed by atoms with Crippen LogP contribution in [0.25, 0.3) is 0 Å². The molecule has 15 heavy (non-hydrogen) atoms. The van der Waals surface area contributed by atoms with Gasteiger partial charge in [-0.25, -0.2) is 4.68 Å². The number of rotatable bonds is 2. The van der Waals surface area contributed by atoms with Crippen molar-refractivity contribution in [2.24, 2.45) is 0 Å². The summed E-state index contributed by atoms with van der Waals surface area (Å²) in [5, 5.41) is 11.3. The zero-order valence-electron chi connectivity index (χ0n) is 7.74. The van der Waals surface area contributed by atoms with E-state index in [0.717, 1.165) is 4.68 Å². The van der Waals surface area contributed by atoms with Gasteiger partial charge < -0.3 is 11.5 Å². The molecule has 2 aromatic heterocycles. The van der Waals surface area contributed by atoms with Crippen molar-refractivity contribution in [3.05, 3.63) is 18.6 Å². The molecule has 0 aliphatic rings. The molecule has 0 unspecified atom stereocenters. The summed E-state index contributed by atoms with van der Waals surface area (Å²) in [7, 11) is 0. The predicted octanol–water partition coefficient (Wildman–Crippen LogP) is -1.02. The molecule has 0 bridgehead atoms. The molecule has 0 atom stereocenters. The molecule has 8 heteroatoms. The molecular formula is C7H9N7O. The van der Waals surface area contributed by atoms with E-state index >= 15 is 0 Å². The van der Waals surface area contributed by atoms with Gasteiger partial charge in [-0.3, -0.25) is 4.79 Å². The van der Waals surface area contributed by atoms with Gasteiger partial charge in [-0.2, -0.15) is 15.0 Å². The van der Waals surface area contributed by atoms with E-state index in [1.54, 1.807) is 0 Å². The molecule has 8 nitrogen and oxygen atoms in total. The van der Waals surface area contributed by atoms with E-state index in [1.807, 2.05) is 0 Å². The maximum atomic E-state index is 11.5. The normalized spacial score (nSPS) is 10.4. The van der Waals surface area contributed by atoms with E-state index in [0.29, 0.717) is 5.69 Å². The Balaban J connectivity index is 2.10. The second-order valence-corrected chi connectivity index (χ2v) is 2.91. The van der Waals surface area contributed by atoms with E-state index in [1.165, 1.54) is 23.4 Å². The molecule has 0 saturated heterocycles. The first-order valence-corrected chi connectivity index (χ1v) is 4.14. The number of nitrogens with two attached hydrogens (primary N) is 2. The van der Waals surface area contributed by atoms with Crippen LogP contribution < -0.4 is 11.5 Å². The first kappa shape index (κ1) is 9.19. The summed E-state index contributed by atoms with van der Waals surface area (Å²) in [6, 6.07) is 0. The van der Waals surface area contributed by atoms with Gasteiger partial charge in [0.25, 0.3) is 5.91 Å². The van der Waals surface area contributed by atoms with Crippen molar-refractivity contribution in [3.8, 4) is 0 Å². The van der Waals surface area contributed by atoms with Crippen molar-refractivity contribution < 1.29 is 4.79 Å². The van der Waals surface area contributed by atoms with Gasteiger partial charge in [-0.15, -0.1) is 5.10 Å². The fourth-order valence-corrected chi connectivity index (χ4v) is 1.05. The highest BCUT2D eigenvalue weighted by Gasteiger charge is 2.08. The summed E-state index contributed by atoms with van der Waals surface area (Å²) in [5.41, 5.74) is 11.2. The van der Waals surface area contributed by atoms with Crippen LogP contribution in [0.2, 0.25) is 0 Å². The highest BCUT2D eigenvalue weighted by molar-refractivity contribution is 5.78. The lowest BCUT2D eigenvalue weighted by Crippen LogP contribution is -2.20. The van der Waals surface area contributed by atoms with Gasteiger partial charge in [-0.1, -0.05) is 0 Å². The molecule has 0 saturated carbocycles. The second-order valence-electron chi connectivity index (χ2n) is 2.91. The molecule has 0 spiro atoms. The first-order chi connectivity index (χ1) is 7.15. The molecule has 0 amide bonds. The number of nitrogen functional groups attached to an aromatic ring is 2. The van der Waals surface area contributed by atoms with Crippen molar-refractivity contribution >= 4 is 17.4 Å². The Kier molecular flexibility index (Phi) is 2.08. The monoisotopic (exact) mass is 207 g/mol. The van der Waals surface area contributed by atoms with E-state index in [2.05, 4.69) is 15.3 Å². The summed E-state index contributed by atoms with van der Waals surface area (Å²) in [4.78, 5) is 12.7. The second kappa shape index (κ2) is 3.40. The first-order valence-electron chi connectivity index (χ1n) is 4.14. The van der Waals surface area contributed by atoms with E-state index in [9.17, 15) is 4.79 Å². The van der Waals surface area contributed by atoms with Crippen molar-refractivity contribution in [3.63, 3.8) is 0 Å². The lowest BCUT2D eigenvalue weighted by Gasteiger charge is -1.98. The third-order valence-electron chi connectivity index (χ3n) is 1.69. The maximum absolute atomic E-state index is 11.5. The van der Waals surface area contributed by atoms with Gasteiger partial charge in [-0.05, 0) is 0 Å². The third-order valence-corrected chi connectivity index (χ3v) is 1.69. The molecule has 0 radical (unpaired) electrons. The Morgan fingerprint density at radius 3 is 2.67 bits per heavy atom. The summed E-state index contributed by atoms with van der Waals surface area (Å²) in [6.45, 7) is -0.0294. The number of nitrogens with zero attached hydrogens (tertiary/aromatic N) is 5. The Bertz CT molecular complexity index is 485. The van der Waals surface area contributed by atoms with Crippen LogP contribution in [0.3, 0.4) is 0 Å². The minimum Gasteiger partial charge on any atom is -0.396 e. The third kappa shape index (κ3) is 1.93. The van der Waals surface area contributed by atoms with E-state index < -0.39 is 0 Å². The highest BCUT2D eigenvalue weighted by atomic mass is 16.2. The Hall–Kier alpha value is -2.38. The minimum atomic E-state index is -0.290. The summed E-state index contributed by atoms with van der Waals surface area (Å²) in [6.07, 6.45) is 4.18. The van der Waals surface area contributed by atoms with Gasteiger partial charge in [0.05, 0.1) is 24.3 Å². The largest absolute Gasteiger partial charge is 0.396 e. The van der Waals surface area contributed by atoms with Crippen molar-refractivity contribution in [1.82, 2.24) is 24.8 Å². The highest BCUT2D eigenvalue weighted by Crippen LogP contribution is 1.98. The van der Waals surface area contributed by atoms with Crippen LogP contribution in [-0.2, 0) is 6.54 Å². The molecule has 2 rings (SSSR count). The van der Waals surface area contributed by atoms with Crippen molar-refractivity contribution in [1.29, 1.82) is 0 Å². The fourth-order valence-electron chi connectivity index (χ4n) is 1.05. The number of anilines is 2. The molecule has 0 aromatic carbocycles. The average molecular weight is 207 g/mol. The lowest BCUT2D eigenvalue weighted by molar-refractivity contribution is 0.0864. The van der Waals surface area contributed by atoms with E-state index in [-0.39, 0.29) is 18.3 Å². The smallest absolute Gasteiger partial charge is 0.270 e. The zero-order valence-corrected chi connectivity index (χ0v) is 7.74. The number of hydrogen-bond acceptors (Lipinski definition) is 6. The number of hydrogen-bond donors (Lipinski definition) is 2.